The van der Waals surface area contributed by atoms with Crippen LogP contribution in [0.25, 0.3) is 0 Å². The molecule has 3 atom stereocenters. The van der Waals surface area contributed by atoms with E-state index in [9.17, 15) is 28.9 Å². The normalized spacial score (nSPS) is 14.2. The van der Waals surface area contributed by atoms with E-state index in [0.717, 1.165) is 103 Å². The van der Waals surface area contributed by atoms with Crippen molar-refractivity contribution in [3.05, 3.63) is 134 Å². The summed E-state index contributed by atoms with van der Waals surface area (Å²) in [5.74, 6) is -1.60. The molecular weight excluding hydrogens is 1050 g/mol. The summed E-state index contributed by atoms with van der Waals surface area (Å²) in [6, 6.07) is 0. The standard InChI is InChI=1S/C70H115O11P/c1-4-7-10-13-16-19-22-25-28-31-33-36-38-41-44-47-50-53-56-59-68(72)77-63-67(81-70(74)61-58-55-52-49-46-43-40-37-34-32-29-26-23-20-17-14-11-8-5-2)65-79-82(75,76)78-64-66(62-71)80-69(73)60-57-54-51-48-45-42-39-35-30-27-24-21-18-15-12-9-6-3/h8-9,11-12,17-18,20-21,25-30,34,37,39,42-43,46,52,55,66-67,71H,4-7,10,13-16,19,22-24,31-33,35-36,38,40-41,44-45,47-51,53-54,56-65H2,1-3H3,(H,75,76)/b11-8-,12-9-,20-17-,21-18-,28-25-,29-26-,30-27-,37-34-,42-39-,46-43-,55-52-. The molecule has 0 aromatic carbocycles. The smallest absolute Gasteiger partial charge is 0.462 e. The van der Waals surface area contributed by atoms with Gasteiger partial charge in [0.1, 0.15) is 12.7 Å². The Hall–Kier alpha value is -4.38. The first-order chi connectivity index (χ1) is 40.2. The third-order valence-corrected chi connectivity index (χ3v) is 14.0. The van der Waals surface area contributed by atoms with Gasteiger partial charge in [-0.3, -0.25) is 23.4 Å². The molecule has 466 valence electrons. The van der Waals surface area contributed by atoms with Crippen molar-refractivity contribution >= 4 is 25.7 Å². The van der Waals surface area contributed by atoms with E-state index < -0.39 is 57.8 Å². The lowest BCUT2D eigenvalue weighted by Gasteiger charge is -2.21. The maximum Gasteiger partial charge on any atom is 0.472 e. The summed E-state index contributed by atoms with van der Waals surface area (Å²) in [4.78, 5) is 48.7. The molecule has 0 spiro atoms. The Balaban J connectivity index is 4.84. The maximum absolute atomic E-state index is 13.0. The van der Waals surface area contributed by atoms with E-state index in [1.807, 2.05) is 12.2 Å². The van der Waals surface area contributed by atoms with Crippen molar-refractivity contribution in [1.82, 2.24) is 0 Å². The van der Waals surface area contributed by atoms with Gasteiger partial charge in [0.25, 0.3) is 0 Å². The van der Waals surface area contributed by atoms with Gasteiger partial charge in [0.2, 0.25) is 0 Å². The molecule has 0 radical (unpaired) electrons. The molecule has 0 saturated heterocycles. The molecule has 0 aromatic rings. The van der Waals surface area contributed by atoms with Crippen molar-refractivity contribution in [2.24, 2.45) is 0 Å². The molecule has 0 aliphatic heterocycles. The number of carbonyl (C=O) groups is 3. The SMILES string of the molecule is CC/C=C\C/C=C\C/C=C\C/C=C\C/C=C\C/C=C\CCC(=O)OC(COC(=O)CCCCCCCCCCC/C=C\CCCCCCCC)COP(=O)(O)OCC(CO)OC(=O)CCCCCC/C=C\C/C=C\C/C=C\C/C=C\CC. The molecule has 0 bridgehead atoms. The first-order valence-corrected chi connectivity index (χ1v) is 33.6. The van der Waals surface area contributed by atoms with Crippen LogP contribution in [0.5, 0.6) is 0 Å². The molecule has 0 fully saturated rings. The number of aliphatic hydroxyl groups excluding tert-OH is 1. The molecule has 0 aliphatic carbocycles. The predicted molar refractivity (Wildman–Crippen MR) is 343 cm³/mol. The van der Waals surface area contributed by atoms with E-state index in [-0.39, 0.29) is 25.9 Å². The molecular formula is C70H115O11P. The number of carbonyl (C=O) groups excluding carboxylic acids is 3. The van der Waals surface area contributed by atoms with Crippen LogP contribution < -0.4 is 0 Å². The van der Waals surface area contributed by atoms with Crippen molar-refractivity contribution in [3.8, 4) is 0 Å². The van der Waals surface area contributed by atoms with E-state index in [1.165, 1.54) is 83.5 Å². The van der Waals surface area contributed by atoms with Crippen molar-refractivity contribution in [1.29, 1.82) is 0 Å². The summed E-state index contributed by atoms with van der Waals surface area (Å²) in [5.41, 5.74) is 0. The van der Waals surface area contributed by atoms with Crippen LogP contribution in [0.2, 0.25) is 0 Å². The van der Waals surface area contributed by atoms with Gasteiger partial charge >= 0.3 is 25.7 Å². The third kappa shape index (κ3) is 60.2. The number of phosphoric acid groups is 1. The summed E-state index contributed by atoms with van der Waals surface area (Å²) >= 11 is 0. The Morgan fingerprint density at radius 1 is 0.354 bits per heavy atom. The van der Waals surface area contributed by atoms with Crippen LogP contribution in [0.4, 0.5) is 0 Å². The molecule has 0 aromatic heterocycles. The summed E-state index contributed by atoms with van der Waals surface area (Å²) in [6.07, 6.45) is 79.9. The van der Waals surface area contributed by atoms with Gasteiger partial charge in [-0.2, -0.15) is 0 Å². The van der Waals surface area contributed by atoms with Crippen molar-refractivity contribution in [2.75, 3.05) is 26.4 Å². The van der Waals surface area contributed by atoms with Crippen LogP contribution in [0.1, 0.15) is 252 Å². The average molecular weight is 1160 g/mol. The minimum Gasteiger partial charge on any atom is -0.462 e. The summed E-state index contributed by atoms with van der Waals surface area (Å²) in [6.45, 7) is 4.31. The molecule has 82 heavy (non-hydrogen) atoms. The number of allylic oxidation sites excluding steroid dienone is 22. The van der Waals surface area contributed by atoms with Gasteiger partial charge in [-0.15, -0.1) is 0 Å². The zero-order valence-electron chi connectivity index (χ0n) is 51.7. The second-order valence-electron chi connectivity index (χ2n) is 20.8. The lowest BCUT2D eigenvalue weighted by atomic mass is 10.1. The maximum atomic E-state index is 13.0. The van der Waals surface area contributed by atoms with Crippen molar-refractivity contribution < 1.29 is 52.2 Å². The van der Waals surface area contributed by atoms with Crippen LogP contribution in [-0.4, -0.2) is 66.5 Å². The van der Waals surface area contributed by atoms with E-state index in [1.54, 1.807) is 0 Å². The van der Waals surface area contributed by atoms with E-state index in [4.69, 9.17) is 23.3 Å². The van der Waals surface area contributed by atoms with Gasteiger partial charge in [0.15, 0.2) is 6.10 Å². The van der Waals surface area contributed by atoms with Gasteiger partial charge in [0.05, 0.1) is 19.8 Å². The Morgan fingerprint density at radius 2 is 0.659 bits per heavy atom. The van der Waals surface area contributed by atoms with Crippen LogP contribution in [0.15, 0.2) is 134 Å². The first-order valence-electron chi connectivity index (χ1n) is 32.1. The van der Waals surface area contributed by atoms with Crippen molar-refractivity contribution in [3.63, 3.8) is 0 Å². The first kappa shape index (κ1) is 77.6. The predicted octanol–water partition coefficient (Wildman–Crippen LogP) is 19.7. The van der Waals surface area contributed by atoms with E-state index in [0.29, 0.717) is 25.7 Å². The average Bonchev–Trinajstić information content (AvgIpc) is 3.50. The van der Waals surface area contributed by atoms with Gasteiger partial charge in [-0.05, 0) is 122 Å². The number of esters is 3. The highest BCUT2D eigenvalue weighted by Crippen LogP contribution is 2.43. The van der Waals surface area contributed by atoms with Gasteiger partial charge in [-0.1, -0.05) is 244 Å². The largest absolute Gasteiger partial charge is 0.472 e. The fraction of sp³-hybridized carbons (Fsp3) is 0.643. The molecule has 0 saturated carbocycles. The highest BCUT2D eigenvalue weighted by Gasteiger charge is 2.28. The van der Waals surface area contributed by atoms with E-state index >= 15 is 0 Å². The number of phosphoric ester groups is 1. The number of aliphatic hydroxyl groups is 1. The number of ether oxygens (including phenoxy) is 3. The zero-order chi connectivity index (χ0) is 59.8. The Labute approximate surface area is 500 Å². The van der Waals surface area contributed by atoms with E-state index in [2.05, 4.69) is 142 Å². The highest BCUT2D eigenvalue weighted by atomic mass is 31.2. The van der Waals surface area contributed by atoms with Crippen LogP contribution in [-0.2, 0) is 42.2 Å². The number of hydrogen-bond donors (Lipinski definition) is 2. The molecule has 0 amide bonds. The Morgan fingerprint density at radius 3 is 1.06 bits per heavy atom. The summed E-state index contributed by atoms with van der Waals surface area (Å²) in [5, 5.41) is 9.85. The molecule has 3 unspecified atom stereocenters. The minimum atomic E-state index is -4.79. The second-order valence-corrected chi connectivity index (χ2v) is 22.3. The highest BCUT2D eigenvalue weighted by molar-refractivity contribution is 7.47. The Bertz CT molecular complexity index is 1890. The summed E-state index contributed by atoms with van der Waals surface area (Å²) in [7, 11) is -4.79. The topological polar surface area (TPSA) is 155 Å². The quantitative estimate of drug-likeness (QED) is 0.0197. The second kappa shape index (κ2) is 62.7. The molecule has 12 heteroatoms. The number of hydrogen-bond acceptors (Lipinski definition) is 10. The molecule has 2 N–H and O–H groups in total. The van der Waals surface area contributed by atoms with Crippen LogP contribution in [0.3, 0.4) is 0 Å². The Kier molecular flexibility index (Phi) is 59.3. The molecule has 0 heterocycles. The van der Waals surface area contributed by atoms with Gasteiger partial charge in [0, 0.05) is 19.3 Å². The van der Waals surface area contributed by atoms with Crippen LogP contribution in [0, 0.1) is 0 Å². The zero-order valence-corrected chi connectivity index (χ0v) is 52.6. The summed E-state index contributed by atoms with van der Waals surface area (Å²) < 4.78 is 39.6. The number of unbranched alkanes of at least 4 members (excludes halogenated alkanes) is 19. The minimum absolute atomic E-state index is 0.0339. The lowest BCUT2D eigenvalue weighted by molar-refractivity contribution is -0.161. The third-order valence-electron chi connectivity index (χ3n) is 13.1. The van der Waals surface area contributed by atoms with Gasteiger partial charge < -0.3 is 24.2 Å². The number of rotatable bonds is 58. The fourth-order valence-corrected chi connectivity index (χ4v) is 9.03. The van der Waals surface area contributed by atoms with Crippen molar-refractivity contribution in [2.45, 2.75) is 264 Å². The molecule has 11 nitrogen and oxygen atoms in total. The lowest BCUT2D eigenvalue weighted by Crippen LogP contribution is -2.30. The molecule has 0 rings (SSSR count). The van der Waals surface area contributed by atoms with Crippen LogP contribution >= 0.6 is 7.82 Å². The monoisotopic (exact) mass is 1160 g/mol. The molecule has 0 aliphatic rings. The fourth-order valence-electron chi connectivity index (χ4n) is 8.25. The van der Waals surface area contributed by atoms with Gasteiger partial charge in [-0.25, -0.2) is 4.57 Å².